The molecule has 3 heteroatoms. The Hall–Kier alpha value is -1.77. The predicted octanol–water partition coefficient (Wildman–Crippen LogP) is 6.36. The minimum absolute atomic E-state index is 0.160. The highest BCUT2D eigenvalue weighted by Gasteiger charge is 2.41. The van der Waals surface area contributed by atoms with Crippen LogP contribution in [-0.4, -0.2) is 28.7 Å². The van der Waals surface area contributed by atoms with E-state index in [1.165, 1.54) is 48.8 Å². The number of ether oxygens (including phenoxy) is 1. The number of carbonyl (C=O) groups excluding carboxylic acids is 1. The number of aryl methyl sites for hydroxylation is 1. The van der Waals surface area contributed by atoms with Crippen LogP contribution >= 0.6 is 0 Å². The molecule has 27 heavy (non-hydrogen) atoms. The van der Waals surface area contributed by atoms with Gasteiger partial charge >= 0.3 is 6.09 Å². The van der Waals surface area contributed by atoms with Crippen molar-refractivity contribution in [2.75, 3.05) is 0 Å². The summed E-state index contributed by atoms with van der Waals surface area (Å²) < 4.78 is 5.63. The molecule has 2 aliphatic rings. The maximum absolute atomic E-state index is 12.6. The molecule has 0 aromatic heterocycles. The smallest absolute Gasteiger partial charge is 0.411 e. The van der Waals surface area contributed by atoms with Gasteiger partial charge in [0.2, 0.25) is 0 Å². The molecule has 2 aliphatic heterocycles. The quantitative estimate of drug-likeness (QED) is 0.546. The van der Waals surface area contributed by atoms with E-state index in [1.807, 2.05) is 25.7 Å². The van der Waals surface area contributed by atoms with Crippen LogP contribution < -0.4 is 0 Å². The van der Waals surface area contributed by atoms with Gasteiger partial charge in [-0.25, -0.2) is 4.79 Å². The minimum atomic E-state index is -0.437. The molecule has 2 heterocycles. The van der Waals surface area contributed by atoms with Crippen LogP contribution in [0.4, 0.5) is 4.79 Å². The van der Waals surface area contributed by atoms with Crippen molar-refractivity contribution in [1.82, 2.24) is 4.90 Å². The third-order valence-electron chi connectivity index (χ3n) is 5.64. The van der Waals surface area contributed by atoms with Crippen molar-refractivity contribution in [3.05, 3.63) is 41.5 Å². The van der Waals surface area contributed by atoms with Gasteiger partial charge in [0, 0.05) is 6.04 Å². The Morgan fingerprint density at radius 1 is 1.11 bits per heavy atom. The Morgan fingerprint density at radius 2 is 1.85 bits per heavy atom. The van der Waals surface area contributed by atoms with Gasteiger partial charge in [0.05, 0.1) is 6.04 Å². The first-order valence-corrected chi connectivity index (χ1v) is 10.7. The van der Waals surface area contributed by atoms with Crippen LogP contribution in [0.5, 0.6) is 0 Å². The summed E-state index contributed by atoms with van der Waals surface area (Å²) in [4.78, 5) is 14.6. The molecule has 0 radical (unpaired) electrons. The molecular weight excluding hydrogens is 334 g/mol. The van der Waals surface area contributed by atoms with Gasteiger partial charge in [0.1, 0.15) is 5.60 Å². The maximum Gasteiger partial charge on any atom is 0.411 e. The number of fused-ring (bicyclic) bond motifs is 2. The van der Waals surface area contributed by atoms with Gasteiger partial charge in [-0.05, 0) is 69.6 Å². The fraction of sp³-hybridized carbons (Fsp3) is 0.625. The lowest BCUT2D eigenvalue weighted by Gasteiger charge is -2.35. The number of amides is 1. The van der Waals surface area contributed by atoms with Gasteiger partial charge in [0.25, 0.3) is 0 Å². The Balaban J connectivity index is 1.64. The van der Waals surface area contributed by atoms with Crippen LogP contribution in [-0.2, 0) is 11.2 Å². The fourth-order valence-corrected chi connectivity index (χ4v) is 4.28. The first-order chi connectivity index (χ1) is 12.9. The van der Waals surface area contributed by atoms with Gasteiger partial charge in [-0.3, -0.25) is 4.90 Å². The molecule has 0 N–H and O–H groups in total. The van der Waals surface area contributed by atoms with E-state index in [0.29, 0.717) is 0 Å². The van der Waals surface area contributed by atoms with E-state index < -0.39 is 5.60 Å². The summed E-state index contributed by atoms with van der Waals surface area (Å²) >= 11 is 0. The average Bonchev–Trinajstić information content (AvgIpc) is 2.88. The molecule has 2 atom stereocenters. The minimum Gasteiger partial charge on any atom is -0.444 e. The van der Waals surface area contributed by atoms with E-state index in [4.69, 9.17) is 4.74 Å². The Morgan fingerprint density at radius 3 is 2.48 bits per heavy atom. The predicted molar refractivity (Wildman–Crippen MR) is 112 cm³/mol. The van der Waals surface area contributed by atoms with Gasteiger partial charge < -0.3 is 4.74 Å². The molecule has 3 rings (SSSR count). The highest BCUT2D eigenvalue weighted by molar-refractivity contribution is 5.75. The Kier molecular flexibility index (Phi) is 6.29. The molecule has 0 spiro atoms. The van der Waals surface area contributed by atoms with Gasteiger partial charge in [0.15, 0.2) is 0 Å². The number of unbranched alkanes of at least 4 members (excludes halogenated alkanes) is 3. The summed E-state index contributed by atoms with van der Waals surface area (Å²) in [5, 5.41) is 0. The van der Waals surface area contributed by atoms with Gasteiger partial charge in [-0.1, -0.05) is 56.5 Å². The molecule has 1 amide bonds. The van der Waals surface area contributed by atoms with Crippen LogP contribution in [0.15, 0.2) is 30.3 Å². The molecule has 1 saturated heterocycles. The van der Waals surface area contributed by atoms with E-state index in [1.54, 1.807) is 0 Å². The molecule has 2 unspecified atom stereocenters. The zero-order valence-corrected chi connectivity index (χ0v) is 17.5. The molecule has 1 aromatic rings. The highest BCUT2D eigenvalue weighted by atomic mass is 16.6. The van der Waals surface area contributed by atoms with Crippen molar-refractivity contribution in [2.24, 2.45) is 0 Å². The third kappa shape index (κ3) is 5.15. The van der Waals surface area contributed by atoms with Crippen LogP contribution in [0.25, 0.3) is 5.57 Å². The van der Waals surface area contributed by atoms with Crippen molar-refractivity contribution < 1.29 is 9.53 Å². The van der Waals surface area contributed by atoms with Crippen LogP contribution in [0.2, 0.25) is 0 Å². The largest absolute Gasteiger partial charge is 0.444 e. The van der Waals surface area contributed by atoms with E-state index in [0.717, 1.165) is 19.3 Å². The molecule has 1 fully saturated rings. The van der Waals surface area contributed by atoms with Crippen molar-refractivity contribution in [3.8, 4) is 0 Å². The SMILES string of the molecule is CCCCCCc1ccc(C2=CC3CCC(C2)N3C(=O)OC(C)(C)C)cc1. The first kappa shape index (κ1) is 20.0. The standard InChI is InChI=1S/C24H35NO2/c1-5-6-7-8-9-18-10-12-19(13-11-18)20-16-21-14-15-22(17-20)25(21)23(26)27-24(2,3)4/h10-13,16,21-22H,5-9,14-15,17H2,1-4H3. The maximum atomic E-state index is 12.6. The normalized spacial score (nSPS) is 21.9. The molecule has 148 valence electrons. The number of hydrogen-bond donors (Lipinski definition) is 0. The zero-order chi connectivity index (χ0) is 19.4. The molecule has 1 aromatic carbocycles. The topological polar surface area (TPSA) is 29.5 Å². The molecule has 0 saturated carbocycles. The summed E-state index contributed by atoms with van der Waals surface area (Å²) in [5.74, 6) is 0. The van der Waals surface area contributed by atoms with E-state index >= 15 is 0 Å². The first-order valence-electron chi connectivity index (χ1n) is 10.7. The summed E-state index contributed by atoms with van der Waals surface area (Å²) in [7, 11) is 0. The lowest BCUT2D eigenvalue weighted by Crippen LogP contribution is -2.45. The number of rotatable bonds is 6. The van der Waals surface area contributed by atoms with E-state index in [9.17, 15) is 4.79 Å². The number of nitrogens with zero attached hydrogens (tertiary/aromatic N) is 1. The Bertz CT molecular complexity index is 669. The van der Waals surface area contributed by atoms with Crippen LogP contribution in [0.1, 0.15) is 83.8 Å². The van der Waals surface area contributed by atoms with E-state index in [-0.39, 0.29) is 18.2 Å². The lowest BCUT2D eigenvalue weighted by atomic mass is 9.93. The van der Waals surface area contributed by atoms with Crippen LogP contribution in [0.3, 0.4) is 0 Å². The Labute approximate surface area is 164 Å². The zero-order valence-electron chi connectivity index (χ0n) is 17.5. The van der Waals surface area contributed by atoms with Crippen molar-refractivity contribution >= 4 is 11.7 Å². The molecule has 2 bridgehead atoms. The van der Waals surface area contributed by atoms with E-state index in [2.05, 4.69) is 37.3 Å². The molecule has 3 nitrogen and oxygen atoms in total. The van der Waals surface area contributed by atoms with Crippen molar-refractivity contribution in [3.63, 3.8) is 0 Å². The highest BCUT2D eigenvalue weighted by Crippen LogP contribution is 2.39. The third-order valence-corrected chi connectivity index (χ3v) is 5.64. The molecule has 0 aliphatic carbocycles. The summed E-state index contributed by atoms with van der Waals surface area (Å²) in [5.41, 5.74) is 3.70. The number of hydrogen-bond acceptors (Lipinski definition) is 2. The monoisotopic (exact) mass is 369 g/mol. The number of benzene rings is 1. The second kappa shape index (κ2) is 8.50. The van der Waals surface area contributed by atoms with Crippen LogP contribution in [0, 0.1) is 0 Å². The summed E-state index contributed by atoms with van der Waals surface area (Å²) in [6, 6.07) is 9.56. The fourth-order valence-electron chi connectivity index (χ4n) is 4.28. The van der Waals surface area contributed by atoms with Gasteiger partial charge in [-0.15, -0.1) is 0 Å². The average molecular weight is 370 g/mol. The second-order valence-corrected chi connectivity index (χ2v) is 9.09. The summed E-state index contributed by atoms with van der Waals surface area (Å²) in [6.07, 6.45) is 11.6. The van der Waals surface area contributed by atoms with Crippen molar-refractivity contribution in [2.45, 2.75) is 96.7 Å². The summed E-state index contributed by atoms with van der Waals surface area (Å²) in [6.45, 7) is 8.05. The molecular formula is C24H35NO2. The van der Waals surface area contributed by atoms with Crippen molar-refractivity contribution in [1.29, 1.82) is 0 Å². The number of carbonyl (C=O) groups is 1. The van der Waals surface area contributed by atoms with Gasteiger partial charge in [-0.2, -0.15) is 0 Å². The second-order valence-electron chi connectivity index (χ2n) is 9.09. The lowest BCUT2D eigenvalue weighted by molar-refractivity contribution is 0.0175.